The average Bonchev–Trinajstić information content (AvgIpc) is 3.91. The third kappa shape index (κ3) is 4.61. The highest BCUT2D eigenvalue weighted by molar-refractivity contribution is 6.16. The molecule has 11 aromatic rings. The van der Waals surface area contributed by atoms with Crippen molar-refractivity contribution >= 4 is 65.4 Å². The lowest BCUT2D eigenvalue weighted by Gasteiger charge is -2.14. The van der Waals surface area contributed by atoms with Gasteiger partial charge in [0.15, 0.2) is 0 Å². The second kappa shape index (κ2) is 12.3. The van der Waals surface area contributed by atoms with Crippen molar-refractivity contribution in [1.82, 2.24) is 13.7 Å². The van der Waals surface area contributed by atoms with Gasteiger partial charge in [0.25, 0.3) is 0 Å². The summed E-state index contributed by atoms with van der Waals surface area (Å²) in [6.45, 7) is 0. The lowest BCUT2D eigenvalue weighted by Crippen LogP contribution is -1.99. The van der Waals surface area contributed by atoms with Crippen LogP contribution < -0.4 is 0 Å². The molecule has 0 aliphatic rings. The van der Waals surface area contributed by atoms with E-state index >= 15 is 0 Å². The van der Waals surface area contributed by atoms with Gasteiger partial charge in [-0.05, 0) is 83.9 Å². The van der Waals surface area contributed by atoms with Crippen LogP contribution in [0.15, 0.2) is 170 Å². The van der Waals surface area contributed by atoms with Crippen molar-refractivity contribution in [1.29, 1.82) is 15.8 Å². The van der Waals surface area contributed by atoms with E-state index in [0.717, 1.165) is 77.1 Å². The maximum Gasteiger partial charge on any atom is 0.101 e. The third-order valence-electron chi connectivity index (χ3n) is 11.4. The Morgan fingerprint density at radius 3 is 1.54 bits per heavy atom. The molecule has 262 valence electrons. The Bertz CT molecular complexity index is 3580. The van der Waals surface area contributed by atoms with Crippen LogP contribution in [0.1, 0.15) is 16.7 Å². The van der Waals surface area contributed by atoms with E-state index in [1.54, 1.807) is 0 Å². The summed E-state index contributed by atoms with van der Waals surface area (Å²) in [6, 6.07) is 64.7. The minimum absolute atomic E-state index is 0.463. The molecule has 0 saturated carbocycles. The molecule has 6 nitrogen and oxygen atoms in total. The quantitative estimate of drug-likeness (QED) is 0.181. The predicted molar refractivity (Wildman–Crippen MR) is 229 cm³/mol. The fraction of sp³-hybridized carbons (Fsp3) is 0. The largest absolute Gasteiger partial charge is 0.309 e. The van der Waals surface area contributed by atoms with E-state index in [9.17, 15) is 15.8 Å². The van der Waals surface area contributed by atoms with Gasteiger partial charge in [0.05, 0.1) is 73.3 Å². The molecular weight excluding hydrogens is 697 g/mol. The highest BCUT2D eigenvalue weighted by Gasteiger charge is 2.21. The monoisotopic (exact) mass is 724 g/mol. The molecule has 6 heteroatoms. The Kier molecular flexibility index (Phi) is 6.95. The van der Waals surface area contributed by atoms with Gasteiger partial charge in [-0.2, -0.15) is 15.8 Å². The lowest BCUT2D eigenvalue weighted by molar-refractivity contribution is 1.16. The van der Waals surface area contributed by atoms with Crippen LogP contribution in [0.5, 0.6) is 0 Å². The van der Waals surface area contributed by atoms with Crippen LogP contribution in [0, 0.1) is 34.0 Å². The third-order valence-corrected chi connectivity index (χ3v) is 11.4. The SMILES string of the molecule is N#Cc1ccc2c3ccccc3n(-c3ccc(-c4ccc(-n5c6ccccc6c6c(-n7c8ccccc8c8ccccc87)cccc65)cc4C#N)cc3C#N)c2c1. The number of benzene rings is 8. The van der Waals surface area contributed by atoms with Crippen molar-refractivity contribution in [3.63, 3.8) is 0 Å². The smallest absolute Gasteiger partial charge is 0.101 e. The summed E-state index contributed by atoms with van der Waals surface area (Å²) in [5.74, 6) is 0. The molecule has 0 bridgehead atoms. The van der Waals surface area contributed by atoms with Crippen molar-refractivity contribution in [2.75, 3.05) is 0 Å². The molecule has 0 fully saturated rings. The number of aromatic nitrogens is 3. The molecule has 0 amide bonds. The molecule has 0 N–H and O–H groups in total. The first-order chi connectivity index (χ1) is 28.2. The van der Waals surface area contributed by atoms with Crippen LogP contribution in [-0.4, -0.2) is 13.7 Å². The first-order valence-electron chi connectivity index (χ1n) is 18.7. The van der Waals surface area contributed by atoms with E-state index in [4.69, 9.17) is 0 Å². The molecule has 0 unspecified atom stereocenters. The van der Waals surface area contributed by atoms with Crippen LogP contribution >= 0.6 is 0 Å². The summed E-state index contributed by atoms with van der Waals surface area (Å²) in [4.78, 5) is 0. The average molecular weight is 725 g/mol. The highest BCUT2D eigenvalue weighted by atomic mass is 15.0. The molecule has 0 aliphatic heterocycles. The van der Waals surface area contributed by atoms with Crippen LogP contribution in [0.25, 0.3) is 93.6 Å². The number of nitriles is 3. The first kappa shape index (κ1) is 32.1. The molecule has 3 heterocycles. The summed E-state index contributed by atoms with van der Waals surface area (Å²) in [7, 11) is 0. The van der Waals surface area contributed by atoms with E-state index in [-0.39, 0.29) is 0 Å². The number of hydrogen-bond donors (Lipinski definition) is 0. The number of nitrogens with zero attached hydrogens (tertiary/aromatic N) is 6. The molecule has 57 heavy (non-hydrogen) atoms. The summed E-state index contributed by atoms with van der Waals surface area (Å²) in [5, 5.41) is 37.6. The second-order valence-corrected chi connectivity index (χ2v) is 14.3. The van der Waals surface area contributed by atoms with E-state index in [1.165, 1.54) is 10.8 Å². The summed E-state index contributed by atoms with van der Waals surface area (Å²) >= 11 is 0. The molecule has 0 aliphatic carbocycles. The van der Waals surface area contributed by atoms with E-state index in [2.05, 4.69) is 135 Å². The van der Waals surface area contributed by atoms with Crippen LogP contribution in [0.3, 0.4) is 0 Å². The molecule has 0 spiro atoms. The molecule has 3 aromatic heterocycles. The molecule has 0 radical (unpaired) electrons. The maximum atomic E-state index is 10.7. The van der Waals surface area contributed by atoms with Crippen LogP contribution in [-0.2, 0) is 0 Å². The van der Waals surface area contributed by atoms with Crippen molar-refractivity contribution in [2.45, 2.75) is 0 Å². The van der Waals surface area contributed by atoms with Gasteiger partial charge in [0.2, 0.25) is 0 Å². The fourth-order valence-corrected chi connectivity index (χ4v) is 8.95. The van der Waals surface area contributed by atoms with Gasteiger partial charge in [0, 0.05) is 38.0 Å². The van der Waals surface area contributed by atoms with Crippen molar-refractivity contribution in [3.8, 4) is 46.4 Å². The standard InChI is InChI=1S/C51H28N6/c52-29-32-20-23-41-40-12-3-5-14-44(40)56(50(41)26-32)43-25-21-33(27-35(43)31-54)37-24-22-36(28-34(37)30-53)55-47-17-8-4-13-42(47)51-48(55)18-9-19-49(51)57-45-15-6-1-10-38(45)39-11-2-7-16-46(39)57/h1-28H. The van der Waals surface area contributed by atoms with Gasteiger partial charge in [0.1, 0.15) is 6.07 Å². The molecule has 8 aromatic carbocycles. The van der Waals surface area contributed by atoms with Gasteiger partial charge < -0.3 is 13.7 Å². The van der Waals surface area contributed by atoms with Crippen molar-refractivity contribution in [3.05, 3.63) is 187 Å². The zero-order valence-corrected chi connectivity index (χ0v) is 30.3. The normalized spacial score (nSPS) is 11.5. The Labute approximate surface area is 326 Å². The van der Waals surface area contributed by atoms with Crippen LogP contribution in [0.2, 0.25) is 0 Å². The molecule has 0 atom stereocenters. The predicted octanol–water partition coefficient (Wildman–Crippen LogP) is 12.3. The topological polar surface area (TPSA) is 86.2 Å². The Hall–Kier alpha value is -8.37. The van der Waals surface area contributed by atoms with E-state index in [1.807, 2.05) is 66.7 Å². The first-order valence-corrected chi connectivity index (χ1v) is 18.7. The van der Waals surface area contributed by atoms with Crippen LogP contribution in [0.4, 0.5) is 0 Å². The maximum absolute atomic E-state index is 10.7. The Balaban J connectivity index is 1.08. The zero-order valence-electron chi connectivity index (χ0n) is 30.3. The number of rotatable bonds is 4. The second-order valence-electron chi connectivity index (χ2n) is 14.3. The summed E-state index contributed by atoms with van der Waals surface area (Å²) in [6.07, 6.45) is 0. The minimum Gasteiger partial charge on any atom is -0.309 e. The van der Waals surface area contributed by atoms with Gasteiger partial charge in [-0.3, -0.25) is 0 Å². The van der Waals surface area contributed by atoms with Crippen molar-refractivity contribution < 1.29 is 0 Å². The summed E-state index contributed by atoms with van der Waals surface area (Å²) in [5.41, 5.74) is 11.9. The van der Waals surface area contributed by atoms with Gasteiger partial charge in [-0.15, -0.1) is 0 Å². The van der Waals surface area contributed by atoms with E-state index in [0.29, 0.717) is 22.4 Å². The Morgan fingerprint density at radius 1 is 0.351 bits per heavy atom. The van der Waals surface area contributed by atoms with Gasteiger partial charge in [-0.25, -0.2) is 0 Å². The number of fused-ring (bicyclic) bond motifs is 9. The fourth-order valence-electron chi connectivity index (χ4n) is 8.95. The summed E-state index contributed by atoms with van der Waals surface area (Å²) < 4.78 is 6.66. The van der Waals surface area contributed by atoms with Gasteiger partial charge in [-0.1, -0.05) is 97.1 Å². The molecule has 11 rings (SSSR count). The minimum atomic E-state index is 0.463. The highest BCUT2D eigenvalue weighted by Crippen LogP contribution is 2.41. The molecule has 0 saturated heterocycles. The lowest BCUT2D eigenvalue weighted by atomic mass is 9.97. The van der Waals surface area contributed by atoms with E-state index < -0.39 is 0 Å². The number of hydrogen-bond acceptors (Lipinski definition) is 3. The van der Waals surface area contributed by atoms with Gasteiger partial charge >= 0.3 is 0 Å². The zero-order chi connectivity index (χ0) is 38.2. The number of para-hydroxylation sites is 4. The van der Waals surface area contributed by atoms with Crippen molar-refractivity contribution in [2.24, 2.45) is 0 Å². The molecular formula is C51H28N6. The Morgan fingerprint density at radius 2 is 0.912 bits per heavy atom.